The van der Waals surface area contributed by atoms with Crippen LogP contribution in [0.1, 0.15) is 25.3 Å². The molecule has 0 fully saturated rings. The highest BCUT2D eigenvalue weighted by atomic mass is 32.2. The largest absolute Gasteiger partial charge is 0.206 e. The molecule has 0 aliphatic carbocycles. The van der Waals surface area contributed by atoms with E-state index in [1.54, 1.807) is 6.07 Å². The van der Waals surface area contributed by atoms with Crippen LogP contribution in [0.5, 0.6) is 0 Å². The summed E-state index contributed by atoms with van der Waals surface area (Å²) in [6, 6.07) is 3.85. The summed E-state index contributed by atoms with van der Waals surface area (Å²) in [5.41, 5.74) is 0.0184. The van der Waals surface area contributed by atoms with Gasteiger partial charge in [-0.15, -0.1) is 11.8 Å². The van der Waals surface area contributed by atoms with E-state index in [2.05, 4.69) is 0 Å². The number of benzene rings is 1. The van der Waals surface area contributed by atoms with Crippen molar-refractivity contribution in [1.29, 1.82) is 5.26 Å². The first-order chi connectivity index (χ1) is 7.19. The summed E-state index contributed by atoms with van der Waals surface area (Å²) in [4.78, 5) is 0.0162. The van der Waals surface area contributed by atoms with Gasteiger partial charge in [-0.05, 0) is 24.3 Å². The molecule has 0 saturated heterocycles. The van der Waals surface area contributed by atoms with Crippen molar-refractivity contribution in [1.82, 2.24) is 0 Å². The summed E-state index contributed by atoms with van der Waals surface area (Å²) >= 11 is 1.16. The lowest BCUT2D eigenvalue weighted by Crippen LogP contribution is -1.91. The minimum absolute atomic E-state index is 0.0162. The molecule has 0 saturated carbocycles. The predicted octanol–water partition coefficient (Wildman–Crippen LogP) is 3.73. The third-order valence-corrected chi connectivity index (χ3v) is 3.04. The Morgan fingerprint density at radius 1 is 1.33 bits per heavy atom. The van der Waals surface area contributed by atoms with Gasteiger partial charge in [0.25, 0.3) is 0 Å². The first-order valence-corrected chi connectivity index (χ1v) is 5.69. The first-order valence-electron chi connectivity index (χ1n) is 4.71. The zero-order chi connectivity index (χ0) is 11.3. The van der Waals surface area contributed by atoms with Crippen molar-refractivity contribution < 1.29 is 8.78 Å². The standard InChI is InChI=1S/C11H11F2NS/c1-2-3-4-15-11-9(12)5-8(7-14)6-10(11)13/h5-6H,2-4H2,1H3. The molecular weight excluding hydrogens is 216 g/mol. The van der Waals surface area contributed by atoms with Gasteiger partial charge >= 0.3 is 0 Å². The molecule has 0 atom stereocenters. The highest BCUT2D eigenvalue weighted by Gasteiger charge is 2.11. The maximum absolute atomic E-state index is 13.3. The van der Waals surface area contributed by atoms with E-state index in [1.165, 1.54) is 0 Å². The van der Waals surface area contributed by atoms with Crippen LogP contribution < -0.4 is 0 Å². The maximum atomic E-state index is 13.3. The lowest BCUT2D eigenvalue weighted by atomic mass is 10.2. The Morgan fingerprint density at radius 3 is 2.40 bits per heavy atom. The van der Waals surface area contributed by atoms with Gasteiger partial charge in [-0.3, -0.25) is 0 Å². The number of hydrogen-bond acceptors (Lipinski definition) is 2. The van der Waals surface area contributed by atoms with Gasteiger partial charge in [-0.25, -0.2) is 8.78 Å². The molecule has 1 rings (SSSR count). The second kappa shape index (κ2) is 5.72. The normalized spacial score (nSPS) is 10.0. The molecule has 0 aliphatic rings. The SMILES string of the molecule is CCCCSc1c(F)cc(C#N)cc1F. The van der Waals surface area contributed by atoms with Crippen LogP contribution in [0.15, 0.2) is 17.0 Å². The number of halogens is 2. The Kier molecular flexibility index (Phi) is 4.57. The van der Waals surface area contributed by atoms with Crippen molar-refractivity contribution in [3.8, 4) is 6.07 Å². The molecule has 0 radical (unpaired) electrons. The lowest BCUT2D eigenvalue weighted by molar-refractivity contribution is 0.540. The first kappa shape index (κ1) is 12.0. The molecule has 0 aromatic heterocycles. The Balaban J connectivity index is 2.85. The smallest absolute Gasteiger partial charge is 0.141 e. The summed E-state index contributed by atoms with van der Waals surface area (Å²) in [6.07, 6.45) is 1.91. The number of rotatable bonds is 4. The summed E-state index contributed by atoms with van der Waals surface area (Å²) in [6.45, 7) is 2.02. The average Bonchev–Trinajstić information content (AvgIpc) is 2.22. The molecule has 1 nitrogen and oxygen atoms in total. The van der Waals surface area contributed by atoms with Crippen LogP contribution >= 0.6 is 11.8 Å². The van der Waals surface area contributed by atoms with Crippen molar-refractivity contribution in [3.05, 3.63) is 29.3 Å². The molecule has 0 heterocycles. The van der Waals surface area contributed by atoms with Gasteiger partial charge in [0.2, 0.25) is 0 Å². The Labute approximate surface area is 92.1 Å². The molecule has 1 aromatic carbocycles. The van der Waals surface area contributed by atoms with Crippen molar-refractivity contribution in [2.45, 2.75) is 24.7 Å². The Bertz CT molecular complexity index is 362. The van der Waals surface area contributed by atoms with Gasteiger partial charge in [-0.2, -0.15) is 5.26 Å². The fourth-order valence-corrected chi connectivity index (χ4v) is 2.11. The highest BCUT2D eigenvalue weighted by Crippen LogP contribution is 2.26. The van der Waals surface area contributed by atoms with Crippen LogP contribution in [-0.2, 0) is 0 Å². The fourth-order valence-electron chi connectivity index (χ4n) is 1.08. The number of nitriles is 1. The van der Waals surface area contributed by atoms with Crippen molar-refractivity contribution in [2.24, 2.45) is 0 Å². The van der Waals surface area contributed by atoms with Crippen molar-refractivity contribution >= 4 is 11.8 Å². The fraction of sp³-hybridized carbons (Fsp3) is 0.364. The van der Waals surface area contributed by atoms with Crippen molar-refractivity contribution in [2.75, 3.05) is 5.75 Å². The van der Waals surface area contributed by atoms with Gasteiger partial charge in [0, 0.05) is 0 Å². The topological polar surface area (TPSA) is 23.8 Å². The molecule has 15 heavy (non-hydrogen) atoms. The second-order valence-electron chi connectivity index (χ2n) is 3.08. The maximum Gasteiger partial charge on any atom is 0.141 e. The molecule has 1 aromatic rings. The lowest BCUT2D eigenvalue weighted by Gasteiger charge is -2.04. The van der Waals surface area contributed by atoms with E-state index in [9.17, 15) is 8.78 Å². The van der Waals surface area contributed by atoms with Crippen molar-refractivity contribution in [3.63, 3.8) is 0 Å². The van der Waals surface area contributed by atoms with Crippen LogP contribution in [0.4, 0.5) is 8.78 Å². The van der Waals surface area contributed by atoms with Gasteiger partial charge < -0.3 is 0 Å². The number of hydrogen-bond donors (Lipinski definition) is 0. The van der Waals surface area contributed by atoms with E-state index >= 15 is 0 Å². The van der Waals surface area contributed by atoms with Gasteiger partial charge in [0.15, 0.2) is 0 Å². The van der Waals surface area contributed by atoms with Crippen LogP contribution in [0, 0.1) is 23.0 Å². The molecular formula is C11H11F2NS. The predicted molar refractivity (Wildman–Crippen MR) is 56.7 cm³/mol. The quantitative estimate of drug-likeness (QED) is 0.578. The highest BCUT2D eigenvalue weighted by molar-refractivity contribution is 7.99. The molecule has 0 aliphatic heterocycles. The third-order valence-electron chi connectivity index (χ3n) is 1.87. The summed E-state index contributed by atoms with van der Waals surface area (Å²) in [5, 5.41) is 8.50. The minimum atomic E-state index is -0.646. The van der Waals surface area contributed by atoms with Gasteiger partial charge in [0.05, 0.1) is 16.5 Å². The number of thioether (sulfide) groups is 1. The van der Waals surface area contributed by atoms with E-state index < -0.39 is 11.6 Å². The summed E-state index contributed by atoms with van der Waals surface area (Å²) in [5.74, 6) is -0.601. The molecule has 80 valence electrons. The van der Waals surface area contributed by atoms with Crippen LogP contribution in [0.3, 0.4) is 0 Å². The number of unbranched alkanes of at least 4 members (excludes halogenated alkanes) is 1. The van der Waals surface area contributed by atoms with Crippen LogP contribution in [0.25, 0.3) is 0 Å². The van der Waals surface area contributed by atoms with E-state index in [4.69, 9.17) is 5.26 Å². The zero-order valence-corrected chi connectivity index (χ0v) is 9.20. The molecule has 0 bridgehead atoms. The summed E-state index contributed by atoms with van der Waals surface area (Å²) < 4.78 is 26.6. The van der Waals surface area contributed by atoms with Crippen LogP contribution in [0.2, 0.25) is 0 Å². The second-order valence-corrected chi connectivity index (χ2v) is 4.19. The van der Waals surface area contributed by atoms with Gasteiger partial charge in [0.1, 0.15) is 11.6 Å². The average molecular weight is 227 g/mol. The van der Waals surface area contributed by atoms with E-state index in [0.717, 1.165) is 36.7 Å². The van der Waals surface area contributed by atoms with E-state index in [-0.39, 0.29) is 10.5 Å². The molecule has 0 N–H and O–H groups in total. The molecule has 4 heteroatoms. The van der Waals surface area contributed by atoms with E-state index in [0.29, 0.717) is 5.75 Å². The minimum Gasteiger partial charge on any atom is -0.206 e. The Morgan fingerprint density at radius 2 is 1.93 bits per heavy atom. The Hall–Kier alpha value is -1.08. The third kappa shape index (κ3) is 3.21. The monoisotopic (exact) mass is 227 g/mol. The van der Waals surface area contributed by atoms with Gasteiger partial charge in [-0.1, -0.05) is 13.3 Å². The molecule has 0 unspecified atom stereocenters. The molecule has 0 amide bonds. The number of nitrogens with zero attached hydrogens (tertiary/aromatic N) is 1. The van der Waals surface area contributed by atoms with Crippen LogP contribution in [-0.4, -0.2) is 5.75 Å². The van der Waals surface area contributed by atoms with E-state index in [1.807, 2.05) is 6.92 Å². The zero-order valence-electron chi connectivity index (χ0n) is 8.39. The summed E-state index contributed by atoms with van der Waals surface area (Å²) in [7, 11) is 0. The molecule has 0 spiro atoms.